The highest BCUT2D eigenvalue weighted by molar-refractivity contribution is 5.80. The maximum atomic E-state index is 12.4. The van der Waals surface area contributed by atoms with Crippen molar-refractivity contribution in [2.24, 2.45) is 5.92 Å². The molecule has 0 radical (unpaired) electrons. The molecular weight excluding hydrogens is 262 g/mol. The fourth-order valence-electron chi connectivity index (χ4n) is 1.74. The minimum Gasteiger partial charge on any atom is -0.480 e. The minimum absolute atomic E-state index is 0.232. The molecule has 6 nitrogen and oxygen atoms in total. The third kappa shape index (κ3) is 5.82. The van der Waals surface area contributed by atoms with Gasteiger partial charge in [0.1, 0.15) is 6.54 Å². The van der Waals surface area contributed by atoms with Gasteiger partial charge in [-0.15, -0.1) is 0 Å². The lowest BCUT2D eigenvalue weighted by atomic mass is 10.3. The number of alkyl halides is 2. The lowest BCUT2D eigenvalue weighted by Crippen LogP contribution is -2.48. The van der Waals surface area contributed by atoms with Crippen LogP contribution in [-0.2, 0) is 4.79 Å². The van der Waals surface area contributed by atoms with E-state index >= 15 is 0 Å². The Morgan fingerprint density at radius 2 is 1.89 bits per heavy atom. The van der Waals surface area contributed by atoms with Crippen molar-refractivity contribution in [3.8, 4) is 0 Å². The Balaban J connectivity index is 2.65. The van der Waals surface area contributed by atoms with Gasteiger partial charge in [-0.1, -0.05) is 0 Å². The van der Waals surface area contributed by atoms with E-state index in [0.717, 1.165) is 22.6 Å². The van der Waals surface area contributed by atoms with Crippen LogP contribution in [0.3, 0.4) is 0 Å². The van der Waals surface area contributed by atoms with Crippen LogP contribution in [0.2, 0.25) is 0 Å². The summed E-state index contributed by atoms with van der Waals surface area (Å²) in [4.78, 5) is 24.6. The second-order valence-electron chi connectivity index (χ2n) is 4.56. The zero-order valence-electron chi connectivity index (χ0n) is 10.5. The molecular formula is C11H18F2N2O4. The molecule has 19 heavy (non-hydrogen) atoms. The van der Waals surface area contributed by atoms with E-state index in [4.69, 9.17) is 10.2 Å². The van der Waals surface area contributed by atoms with Gasteiger partial charge >= 0.3 is 12.0 Å². The number of rotatable bonds is 8. The number of halogens is 2. The third-order valence-corrected chi connectivity index (χ3v) is 2.77. The van der Waals surface area contributed by atoms with Gasteiger partial charge < -0.3 is 20.0 Å². The van der Waals surface area contributed by atoms with Crippen LogP contribution < -0.4 is 0 Å². The van der Waals surface area contributed by atoms with Gasteiger partial charge in [-0.2, -0.15) is 0 Å². The van der Waals surface area contributed by atoms with E-state index in [0.29, 0.717) is 0 Å². The number of hydrogen-bond donors (Lipinski definition) is 2. The summed E-state index contributed by atoms with van der Waals surface area (Å²) in [6.45, 7) is -1.73. The number of amides is 2. The molecule has 1 saturated carbocycles. The van der Waals surface area contributed by atoms with Crippen LogP contribution in [-0.4, -0.2) is 71.2 Å². The van der Waals surface area contributed by atoms with E-state index in [-0.39, 0.29) is 19.0 Å². The second-order valence-corrected chi connectivity index (χ2v) is 4.56. The molecule has 0 unspecified atom stereocenters. The molecule has 110 valence electrons. The molecule has 2 N–H and O–H groups in total. The number of carboxylic acids is 1. The smallest absolute Gasteiger partial charge is 0.323 e. The number of carboxylic acid groups (broad SMARTS) is 1. The van der Waals surface area contributed by atoms with Gasteiger partial charge in [-0.25, -0.2) is 13.6 Å². The van der Waals surface area contributed by atoms with Gasteiger partial charge in [0, 0.05) is 13.1 Å². The zero-order valence-corrected chi connectivity index (χ0v) is 10.5. The molecule has 0 aromatic carbocycles. The van der Waals surface area contributed by atoms with Crippen molar-refractivity contribution in [1.29, 1.82) is 0 Å². The van der Waals surface area contributed by atoms with Crippen molar-refractivity contribution in [2.45, 2.75) is 19.3 Å². The lowest BCUT2D eigenvalue weighted by Gasteiger charge is -2.29. The Morgan fingerprint density at radius 1 is 1.26 bits per heavy atom. The van der Waals surface area contributed by atoms with Crippen LogP contribution >= 0.6 is 0 Å². The predicted molar refractivity (Wildman–Crippen MR) is 62.0 cm³/mol. The molecule has 0 atom stereocenters. The maximum Gasteiger partial charge on any atom is 0.323 e. The van der Waals surface area contributed by atoms with Crippen molar-refractivity contribution in [2.75, 3.05) is 32.8 Å². The number of nitrogens with zero attached hydrogens (tertiary/aromatic N) is 2. The summed E-state index contributed by atoms with van der Waals surface area (Å²) in [6.07, 6.45) is -0.889. The Morgan fingerprint density at radius 3 is 2.32 bits per heavy atom. The highest BCUT2D eigenvalue weighted by Gasteiger charge is 2.30. The second kappa shape index (κ2) is 7.22. The molecule has 0 heterocycles. The summed E-state index contributed by atoms with van der Waals surface area (Å²) < 4.78 is 24.7. The van der Waals surface area contributed by atoms with Crippen LogP contribution in [0.5, 0.6) is 0 Å². The van der Waals surface area contributed by atoms with E-state index in [1.807, 2.05) is 0 Å². The zero-order chi connectivity index (χ0) is 14.4. The Hall–Kier alpha value is -1.44. The average molecular weight is 280 g/mol. The summed E-state index contributed by atoms with van der Waals surface area (Å²) in [7, 11) is 0. The van der Waals surface area contributed by atoms with E-state index in [2.05, 4.69) is 0 Å². The van der Waals surface area contributed by atoms with Crippen LogP contribution in [0, 0.1) is 5.92 Å². The number of hydrogen-bond acceptors (Lipinski definition) is 3. The number of aliphatic hydroxyl groups excluding tert-OH is 1. The quantitative estimate of drug-likeness (QED) is 0.677. The first-order valence-corrected chi connectivity index (χ1v) is 6.08. The highest BCUT2D eigenvalue weighted by atomic mass is 19.3. The van der Waals surface area contributed by atoms with Crippen molar-refractivity contribution in [3.05, 3.63) is 0 Å². The van der Waals surface area contributed by atoms with Crippen LogP contribution in [0.25, 0.3) is 0 Å². The lowest BCUT2D eigenvalue weighted by molar-refractivity contribution is -0.137. The summed E-state index contributed by atoms with van der Waals surface area (Å²) in [6, 6.07) is -0.761. The molecule has 2 amide bonds. The molecule has 1 aliphatic carbocycles. The Kier molecular flexibility index (Phi) is 5.94. The summed E-state index contributed by atoms with van der Waals surface area (Å²) in [5.41, 5.74) is 0. The van der Waals surface area contributed by atoms with Gasteiger partial charge in [0.15, 0.2) is 0 Å². The molecule has 0 aromatic rings. The summed E-state index contributed by atoms with van der Waals surface area (Å²) >= 11 is 0. The summed E-state index contributed by atoms with van der Waals surface area (Å²) in [5, 5.41) is 17.5. The van der Waals surface area contributed by atoms with E-state index in [1.165, 1.54) is 0 Å². The SMILES string of the molecule is O=C(O)CN(CC1CC1)C(=O)N(CCO)CC(F)F. The molecule has 0 spiro atoms. The fraction of sp³-hybridized carbons (Fsp3) is 0.818. The predicted octanol–water partition coefficient (Wildman–Crippen LogP) is 0.462. The number of urea groups is 1. The highest BCUT2D eigenvalue weighted by Crippen LogP contribution is 2.30. The van der Waals surface area contributed by atoms with Crippen molar-refractivity contribution in [1.82, 2.24) is 9.80 Å². The normalized spacial score (nSPS) is 14.5. The summed E-state index contributed by atoms with van der Waals surface area (Å²) in [5.74, 6) is -0.930. The van der Waals surface area contributed by atoms with Gasteiger partial charge in [0.25, 0.3) is 6.43 Å². The Bertz CT molecular complexity index is 324. The molecule has 0 aromatic heterocycles. The van der Waals surface area contributed by atoms with Crippen molar-refractivity contribution >= 4 is 12.0 Å². The standard InChI is InChI=1S/C11H18F2N2O4/c12-9(13)6-14(3-4-16)11(19)15(7-10(17)18)5-8-1-2-8/h8-9,16H,1-7H2,(H,17,18). The number of carbonyl (C=O) groups excluding carboxylic acids is 1. The van der Waals surface area contributed by atoms with Gasteiger partial charge in [0.2, 0.25) is 0 Å². The fourth-order valence-corrected chi connectivity index (χ4v) is 1.74. The van der Waals surface area contributed by atoms with Gasteiger partial charge in [-0.05, 0) is 18.8 Å². The molecule has 0 bridgehead atoms. The first kappa shape index (κ1) is 15.6. The maximum absolute atomic E-state index is 12.4. The molecule has 0 aliphatic heterocycles. The van der Waals surface area contributed by atoms with Crippen molar-refractivity contribution < 1.29 is 28.6 Å². The van der Waals surface area contributed by atoms with Crippen LogP contribution in [0.4, 0.5) is 13.6 Å². The molecule has 1 fully saturated rings. The van der Waals surface area contributed by atoms with Crippen LogP contribution in [0.1, 0.15) is 12.8 Å². The van der Waals surface area contributed by atoms with E-state index < -0.39 is 38.1 Å². The van der Waals surface area contributed by atoms with Crippen LogP contribution in [0.15, 0.2) is 0 Å². The molecule has 0 saturated heterocycles. The molecule has 8 heteroatoms. The first-order chi connectivity index (χ1) is 8.93. The average Bonchev–Trinajstić information content (AvgIpc) is 3.09. The minimum atomic E-state index is -2.72. The van der Waals surface area contributed by atoms with E-state index in [1.54, 1.807) is 0 Å². The number of carbonyl (C=O) groups is 2. The largest absolute Gasteiger partial charge is 0.480 e. The molecule has 1 rings (SSSR count). The first-order valence-electron chi connectivity index (χ1n) is 6.08. The van der Waals surface area contributed by atoms with Crippen molar-refractivity contribution in [3.63, 3.8) is 0 Å². The number of aliphatic carboxylic acids is 1. The third-order valence-electron chi connectivity index (χ3n) is 2.77. The monoisotopic (exact) mass is 280 g/mol. The topological polar surface area (TPSA) is 81.1 Å². The van der Waals surface area contributed by atoms with E-state index in [9.17, 15) is 18.4 Å². The van der Waals surface area contributed by atoms with Gasteiger partial charge in [0.05, 0.1) is 13.2 Å². The van der Waals surface area contributed by atoms with Gasteiger partial charge in [-0.3, -0.25) is 4.79 Å². The molecule has 1 aliphatic rings. The number of aliphatic hydroxyl groups is 1. The Labute approximate surface area is 109 Å².